The summed E-state index contributed by atoms with van der Waals surface area (Å²) in [4.78, 5) is 11.8. The molecule has 20 heavy (non-hydrogen) atoms. The van der Waals surface area contributed by atoms with Crippen LogP contribution in [-0.4, -0.2) is 37.3 Å². The molecule has 0 aliphatic carbocycles. The molecule has 1 amide bonds. The van der Waals surface area contributed by atoms with Gasteiger partial charge in [0.25, 0.3) is 5.91 Å². The van der Waals surface area contributed by atoms with Gasteiger partial charge < -0.3 is 20.5 Å². The minimum Gasteiger partial charge on any atom is -0.483 e. The van der Waals surface area contributed by atoms with Gasteiger partial charge in [0.1, 0.15) is 10.7 Å². The van der Waals surface area contributed by atoms with Gasteiger partial charge in [-0.2, -0.15) is 0 Å². The number of hydrogen-bond acceptors (Lipinski definition) is 4. The Labute approximate surface area is 128 Å². The summed E-state index contributed by atoms with van der Waals surface area (Å²) in [5, 5.41) is 3.12. The van der Waals surface area contributed by atoms with E-state index < -0.39 is 0 Å². The number of nitrogens with two attached hydrogens (primary N) is 1. The van der Waals surface area contributed by atoms with E-state index in [0.29, 0.717) is 22.9 Å². The largest absolute Gasteiger partial charge is 0.483 e. The van der Waals surface area contributed by atoms with E-state index >= 15 is 0 Å². The zero-order valence-electron chi connectivity index (χ0n) is 11.3. The Morgan fingerprint density at radius 3 is 2.85 bits per heavy atom. The number of methoxy groups -OCH3 is 1. The molecule has 0 radical (unpaired) electrons. The smallest absolute Gasteiger partial charge is 0.258 e. The van der Waals surface area contributed by atoms with Gasteiger partial charge in [0.15, 0.2) is 6.61 Å². The van der Waals surface area contributed by atoms with Crippen molar-refractivity contribution in [3.05, 3.63) is 28.8 Å². The number of carbonyl (C=O) groups excluding carboxylic acids is 1. The molecule has 1 aromatic carbocycles. The number of halogens is 1. The van der Waals surface area contributed by atoms with Crippen LogP contribution in [0.4, 0.5) is 0 Å². The maximum Gasteiger partial charge on any atom is 0.258 e. The third kappa shape index (κ3) is 4.96. The van der Waals surface area contributed by atoms with Gasteiger partial charge in [-0.25, -0.2) is 0 Å². The number of ether oxygens (including phenoxy) is 2. The molecule has 0 saturated heterocycles. The molecule has 1 rings (SSSR count). The molecule has 3 N–H and O–H groups in total. The molecule has 0 aliphatic heterocycles. The van der Waals surface area contributed by atoms with Crippen molar-refractivity contribution in [3.8, 4) is 5.75 Å². The predicted molar refractivity (Wildman–Crippen MR) is 82.3 cm³/mol. The molecule has 0 bridgehead atoms. The van der Waals surface area contributed by atoms with E-state index in [1.165, 1.54) is 0 Å². The van der Waals surface area contributed by atoms with Crippen molar-refractivity contribution in [2.24, 2.45) is 5.73 Å². The molecule has 5 nitrogen and oxygen atoms in total. The van der Waals surface area contributed by atoms with Gasteiger partial charge >= 0.3 is 0 Å². The summed E-state index contributed by atoms with van der Waals surface area (Å²) in [6, 6.07) is 4.92. The summed E-state index contributed by atoms with van der Waals surface area (Å²) in [5.41, 5.74) is 6.02. The fraction of sp³-hybridized carbons (Fsp3) is 0.385. The molecule has 7 heteroatoms. The second-order valence-corrected chi connectivity index (χ2v) is 5.04. The van der Waals surface area contributed by atoms with Crippen molar-refractivity contribution in [2.75, 3.05) is 20.3 Å². The molecule has 1 unspecified atom stereocenters. The summed E-state index contributed by atoms with van der Waals surface area (Å²) in [7, 11) is 1.57. The lowest BCUT2D eigenvalue weighted by atomic mass is 10.2. The van der Waals surface area contributed by atoms with Crippen LogP contribution in [0, 0.1) is 0 Å². The highest BCUT2D eigenvalue weighted by Gasteiger charge is 2.13. The quantitative estimate of drug-likeness (QED) is 0.746. The number of amides is 1. The van der Waals surface area contributed by atoms with Gasteiger partial charge in [-0.3, -0.25) is 4.79 Å². The highest BCUT2D eigenvalue weighted by atomic mass is 35.5. The van der Waals surface area contributed by atoms with E-state index in [9.17, 15) is 4.79 Å². The average molecular weight is 317 g/mol. The van der Waals surface area contributed by atoms with Gasteiger partial charge in [-0.15, -0.1) is 0 Å². The number of thiocarbonyl (C=S) groups is 1. The Balaban J connectivity index is 2.64. The van der Waals surface area contributed by atoms with Crippen LogP contribution in [0.15, 0.2) is 18.2 Å². The third-order valence-corrected chi connectivity index (χ3v) is 2.92. The van der Waals surface area contributed by atoms with Crippen LogP contribution in [0.1, 0.15) is 12.5 Å². The minimum absolute atomic E-state index is 0.0921. The first-order chi connectivity index (χ1) is 9.45. The number of benzene rings is 1. The third-order valence-electron chi connectivity index (χ3n) is 2.40. The Morgan fingerprint density at radius 1 is 1.55 bits per heavy atom. The van der Waals surface area contributed by atoms with E-state index in [4.69, 9.17) is 39.0 Å². The van der Waals surface area contributed by atoms with Crippen LogP contribution in [-0.2, 0) is 9.53 Å². The van der Waals surface area contributed by atoms with Gasteiger partial charge in [-0.1, -0.05) is 29.9 Å². The van der Waals surface area contributed by atoms with Crippen LogP contribution >= 0.6 is 23.8 Å². The van der Waals surface area contributed by atoms with E-state index in [1.54, 1.807) is 25.3 Å². The Hall–Kier alpha value is -1.37. The van der Waals surface area contributed by atoms with Gasteiger partial charge in [0, 0.05) is 13.2 Å². The molecule has 0 aromatic heterocycles. The van der Waals surface area contributed by atoms with Crippen LogP contribution in [0.25, 0.3) is 0 Å². The molecular formula is C13H17ClN2O3S. The molecule has 1 aromatic rings. The van der Waals surface area contributed by atoms with Crippen molar-refractivity contribution < 1.29 is 14.3 Å². The Bertz CT molecular complexity index is 497. The molecule has 1 atom stereocenters. The van der Waals surface area contributed by atoms with Crippen LogP contribution in [0.2, 0.25) is 5.02 Å². The summed E-state index contributed by atoms with van der Waals surface area (Å²) in [6.07, 6.45) is 0. The number of hydrogen-bond donors (Lipinski definition) is 2. The monoisotopic (exact) mass is 316 g/mol. The van der Waals surface area contributed by atoms with Crippen molar-refractivity contribution in [1.29, 1.82) is 0 Å². The molecule has 0 saturated carbocycles. The lowest BCUT2D eigenvalue weighted by Gasteiger charge is -2.15. The zero-order valence-corrected chi connectivity index (χ0v) is 12.9. The molecular weight excluding hydrogens is 300 g/mol. The lowest BCUT2D eigenvalue weighted by molar-refractivity contribution is -0.124. The minimum atomic E-state index is -0.261. The van der Waals surface area contributed by atoms with Gasteiger partial charge in [0.05, 0.1) is 17.2 Å². The fourth-order valence-corrected chi connectivity index (χ4v) is 2.15. The fourth-order valence-electron chi connectivity index (χ4n) is 1.62. The maximum absolute atomic E-state index is 11.7. The topological polar surface area (TPSA) is 73.6 Å². The van der Waals surface area contributed by atoms with Crippen LogP contribution in [0.5, 0.6) is 5.75 Å². The summed E-state index contributed by atoms with van der Waals surface area (Å²) in [5.74, 6) is 0.128. The average Bonchev–Trinajstić information content (AvgIpc) is 2.36. The Morgan fingerprint density at radius 2 is 2.25 bits per heavy atom. The van der Waals surface area contributed by atoms with E-state index in [0.717, 1.165) is 0 Å². The van der Waals surface area contributed by atoms with Crippen molar-refractivity contribution in [1.82, 2.24) is 5.32 Å². The molecule has 0 fully saturated rings. The standard InChI is InChI=1S/C13H17ClN2O3S/c1-8(6-18-2)16-11(17)7-19-10-5-3-4-9(14)12(10)13(15)20/h3-5,8H,6-7H2,1-2H3,(H2,15,20)(H,16,17). The van der Waals surface area contributed by atoms with Crippen molar-refractivity contribution in [2.45, 2.75) is 13.0 Å². The maximum atomic E-state index is 11.7. The number of nitrogens with one attached hydrogen (secondary N) is 1. The number of carbonyl (C=O) groups is 1. The summed E-state index contributed by atoms with van der Waals surface area (Å²) >= 11 is 10.9. The van der Waals surface area contributed by atoms with Crippen LogP contribution in [0.3, 0.4) is 0 Å². The highest BCUT2D eigenvalue weighted by Crippen LogP contribution is 2.26. The molecule has 110 valence electrons. The zero-order chi connectivity index (χ0) is 15.1. The summed E-state index contributed by atoms with van der Waals surface area (Å²) in [6.45, 7) is 2.12. The van der Waals surface area contributed by atoms with Crippen LogP contribution < -0.4 is 15.8 Å². The lowest BCUT2D eigenvalue weighted by Crippen LogP contribution is -2.38. The van der Waals surface area contributed by atoms with E-state index in [1.807, 2.05) is 6.92 Å². The first kappa shape index (κ1) is 16.7. The second-order valence-electron chi connectivity index (χ2n) is 4.19. The van der Waals surface area contributed by atoms with Crippen molar-refractivity contribution >= 4 is 34.7 Å². The van der Waals surface area contributed by atoms with Gasteiger partial charge in [-0.05, 0) is 19.1 Å². The SMILES string of the molecule is COCC(C)NC(=O)COc1cccc(Cl)c1C(N)=S. The highest BCUT2D eigenvalue weighted by molar-refractivity contribution is 7.80. The Kier molecular flexibility index (Phi) is 6.70. The molecule has 0 heterocycles. The van der Waals surface area contributed by atoms with Crippen molar-refractivity contribution in [3.63, 3.8) is 0 Å². The predicted octanol–water partition coefficient (Wildman–Crippen LogP) is 1.50. The van der Waals surface area contributed by atoms with E-state index in [2.05, 4.69) is 5.32 Å². The number of rotatable bonds is 7. The van der Waals surface area contributed by atoms with E-state index in [-0.39, 0.29) is 23.5 Å². The van der Waals surface area contributed by atoms with Gasteiger partial charge in [0.2, 0.25) is 0 Å². The second kappa shape index (κ2) is 8.04. The molecule has 0 spiro atoms. The first-order valence-corrected chi connectivity index (χ1v) is 6.73. The normalized spacial score (nSPS) is 11.8. The molecule has 0 aliphatic rings. The first-order valence-electron chi connectivity index (χ1n) is 5.95. The summed E-state index contributed by atoms with van der Waals surface area (Å²) < 4.78 is 10.3.